The number of carbonyl (C=O) groups excluding carboxylic acids is 1. The summed E-state index contributed by atoms with van der Waals surface area (Å²) in [5.41, 5.74) is 5.27. The molecule has 0 spiro atoms. The van der Waals surface area contributed by atoms with Crippen LogP contribution in [0.3, 0.4) is 0 Å². The maximum atomic E-state index is 10.8. The van der Waals surface area contributed by atoms with Gasteiger partial charge in [-0.1, -0.05) is 0 Å². The zero-order chi connectivity index (χ0) is 11.0. The van der Waals surface area contributed by atoms with E-state index in [4.69, 9.17) is 10.8 Å². The second kappa shape index (κ2) is 7.14. The van der Waals surface area contributed by atoms with Crippen molar-refractivity contribution in [1.82, 2.24) is 10.6 Å². The number of carbonyl (C=O) groups is 2. The van der Waals surface area contributed by atoms with Crippen molar-refractivity contribution < 1.29 is 14.7 Å². The summed E-state index contributed by atoms with van der Waals surface area (Å²) in [5.74, 6) is -1.02. The van der Waals surface area contributed by atoms with E-state index in [9.17, 15) is 9.59 Å². The lowest BCUT2D eigenvalue weighted by atomic mass is 10.1. The topological polar surface area (TPSA) is 104 Å². The zero-order valence-corrected chi connectivity index (χ0v) is 8.25. The zero-order valence-electron chi connectivity index (χ0n) is 8.25. The van der Waals surface area contributed by atoms with E-state index in [1.54, 1.807) is 0 Å². The number of hydrogen-bond acceptors (Lipinski definition) is 3. The Morgan fingerprint density at radius 3 is 2.50 bits per heavy atom. The number of aliphatic carboxylic acids is 1. The van der Waals surface area contributed by atoms with Gasteiger partial charge in [0, 0.05) is 7.05 Å². The van der Waals surface area contributed by atoms with E-state index in [2.05, 4.69) is 10.6 Å². The van der Waals surface area contributed by atoms with Crippen LogP contribution in [0.2, 0.25) is 0 Å². The molecule has 1 atom stereocenters. The maximum Gasteiger partial charge on any atom is 0.326 e. The third-order valence-corrected chi connectivity index (χ3v) is 1.78. The fourth-order valence-corrected chi connectivity index (χ4v) is 0.981. The first-order valence-electron chi connectivity index (χ1n) is 4.53. The minimum absolute atomic E-state index is 0.403. The van der Waals surface area contributed by atoms with E-state index in [1.807, 2.05) is 0 Å². The fourth-order valence-electron chi connectivity index (χ4n) is 0.981. The Labute approximate surface area is 82.9 Å². The molecule has 82 valence electrons. The van der Waals surface area contributed by atoms with Gasteiger partial charge in [0.2, 0.25) is 0 Å². The average Bonchev–Trinajstić information content (AvgIpc) is 2.16. The Morgan fingerprint density at radius 1 is 1.43 bits per heavy atom. The molecule has 14 heavy (non-hydrogen) atoms. The number of nitrogens with two attached hydrogens (primary N) is 1. The Balaban J connectivity index is 3.90. The van der Waals surface area contributed by atoms with Gasteiger partial charge in [0.25, 0.3) is 0 Å². The predicted molar refractivity (Wildman–Crippen MR) is 51.9 cm³/mol. The molecule has 0 aromatic carbocycles. The molecule has 0 aliphatic carbocycles. The van der Waals surface area contributed by atoms with Crippen LogP contribution in [0.5, 0.6) is 0 Å². The van der Waals surface area contributed by atoms with Crippen LogP contribution in [0.15, 0.2) is 0 Å². The summed E-state index contributed by atoms with van der Waals surface area (Å²) >= 11 is 0. The molecule has 0 aliphatic heterocycles. The van der Waals surface area contributed by atoms with Crippen LogP contribution in [0.25, 0.3) is 0 Å². The Hall–Kier alpha value is -1.30. The molecule has 0 heterocycles. The summed E-state index contributed by atoms with van der Waals surface area (Å²) in [6.07, 6.45) is 1.86. The minimum Gasteiger partial charge on any atom is -0.480 e. The molecule has 5 N–H and O–H groups in total. The van der Waals surface area contributed by atoms with Crippen molar-refractivity contribution in [3.8, 4) is 0 Å². The van der Waals surface area contributed by atoms with Crippen molar-refractivity contribution in [1.29, 1.82) is 0 Å². The van der Waals surface area contributed by atoms with Crippen molar-refractivity contribution >= 4 is 12.0 Å². The van der Waals surface area contributed by atoms with Crippen molar-refractivity contribution in [2.24, 2.45) is 5.73 Å². The summed E-state index contributed by atoms with van der Waals surface area (Å²) in [6.45, 7) is 0.534. The monoisotopic (exact) mass is 203 g/mol. The van der Waals surface area contributed by atoms with Gasteiger partial charge in [-0.25, -0.2) is 9.59 Å². The minimum atomic E-state index is -1.02. The molecule has 6 heteroatoms. The molecule has 0 aromatic heterocycles. The summed E-state index contributed by atoms with van der Waals surface area (Å²) in [6, 6.07) is -1.31. The number of nitrogens with one attached hydrogen (secondary N) is 2. The van der Waals surface area contributed by atoms with E-state index < -0.39 is 18.0 Å². The van der Waals surface area contributed by atoms with Crippen LogP contribution in [0, 0.1) is 0 Å². The van der Waals surface area contributed by atoms with Crippen LogP contribution in [0.1, 0.15) is 19.3 Å². The molecule has 1 unspecified atom stereocenters. The smallest absolute Gasteiger partial charge is 0.326 e. The highest BCUT2D eigenvalue weighted by Gasteiger charge is 2.18. The van der Waals surface area contributed by atoms with E-state index >= 15 is 0 Å². The number of urea groups is 1. The van der Waals surface area contributed by atoms with Crippen molar-refractivity contribution in [2.75, 3.05) is 13.6 Å². The van der Waals surface area contributed by atoms with Gasteiger partial charge in [0.05, 0.1) is 0 Å². The molecule has 2 amide bonds. The quantitative estimate of drug-likeness (QED) is 0.437. The number of amides is 2. The molecule has 6 nitrogen and oxygen atoms in total. The second-order valence-corrected chi connectivity index (χ2v) is 2.90. The third kappa shape index (κ3) is 5.36. The highest BCUT2D eigenvalue weighted by Crippen LogP contribution is 2.00. The molecule has 0 aromatic rings. The lowest BCUT2D eigenvalue weighted by molar-refractivity contribution is -0.139. The van der Waals surface area contributed by atoms with Crippen LogP contribution >= 0.6 is 0 Å². The lowest BCUT2D eigenvalue weighted by Crippen LogP contribution is -2.44. The Morgan fingerprint density at radius 2 is 2.07 bits per heavy atom. The average molecular weight is 203 g/mol. The van der Waals surface area contributed by atoms with Gasteiger partial charge in [0.15, 0.2) is 0 Å². The van der Waals surface area contributed by atoms with E-state index in [1.165, 1.54) is 7.05 Å². The van der Waals surface area contributed by atoms with Crippen molar-refractivity contribution in [3.63, 3.8) is 0 Å². The van der Waals surface area contributed by atoms with Gasteiger partial charge in [-0.05, 0) is 25.8 Å². The predicted octanol–water partition coefficient (Wildman–Crippen LogP) is -0.502. The Kier molecular flexibility index (Phi) is 6.47. The second-order valence-electron chi connectivity index (χ2n) is 2.90. The molecular weight excluding hydrogens is 186 g/mol. The number of hydrogen-bond donors (Lipinski definition) is 4. The summed E-state index contributed by atoms with van der Waals surface area (Å²) in [7, 11) is 1.44. The molecule has 0 aliphatic rings. The third-order valence-electron chi connectivity index (χ3n) is 1.78. The number of rotatable bonds is 6. The van der Waals surface area contributed by atoms with Gasteiger partial charge in [-0.2, -0.15) is 0 Å². The first-order valence-corrected chi connectivity index (χ1v) is 4.53. The van der Waals surface area contributed by atoms with Gasteiger partial charge in [-0.3, -0.25) is 0 Å². The van der Waals surface area contributed by atoms with Gasteiger partial charge in [0.1, 0.15) is 6.04 Å². The van der Waals surface area contributed by atoms with E-state index in [-0.39, 0.29) is 0 Å². The van der Waals surface area contributed by atoms with Gasteiger partial charge < -0.3 is 21.5 Å². The molecule has 0 saturated carbocycles. The van der Waals surface area contributed by atoms with Gasteiger partial charge >= 0.3 is 12.0 Å². The normalized spacial score (nSPS) is 11.9. The van der Waals surface area contributed by atoms with Crippen LogP contribution < -0.4 is 16.4 Å². The van der Waals surface area contributed by atoms with Crippen LogP contribution in [-0.2, 0) is 4.79 Å². The number of carboxylic acid groups (broad SMARTS) is 1. The Bertz CT molecular complexity index is 196. The fraction of sp³-hybridized carbons (Fsp3) is 0.750. The highest BCUT2D eigenvalue weighted by molar-refractivity contribution is 5.82. The standard InChI is InChI=1S/C8H17N3O3/c1-10-8(14)11-6(7(12)13)4-2-3-5-9/h6H,2-5,9H2,1H3,(H,12,13)(H2,10,11,14). The van der Waals surface area contributed by atoms with Crippen molar-refractivity contribution in [2.45, 2.75) is 25.3 Å². The number of unbranched alkanes of at least 4 members (excludes halogenated alkanes) is 1. The number of carboxylic acids is 1. The first kappa shape index (κ1) is 12.7. The van der Waals surface area contributed by atoms with Crippen LogP contribution in [0.4, 0.5) is 4.79 Å². The molecule has 0 rings (SSSR count). The summed E-state index contributed by atoms with van der Waals surface area (Å²) in [4.78, 5) is 21.5. The molecular formula is C8H17N3O3. The molecule has 0 radical (unpaired) electrons. The molecule has 0 saturated heterocycles. The van der Waals surface area contributed by atoms with Crippen molar-refractivity contribution in [3.05, 3.63) is 0 Å². The summed E-state index contributed by atoms with van der Waals surface area (Å²) < 4.78 is 0. The molecule has 0 bridgehead atoms. The highest BCUT2D eigenvalue weighted by atomic mass is 16.4. The summed E-state index contributed by atoms with van der Waals surface area (Å²) in [5, 5.41) is 13.4. The van der Waals surface area contributed by atoms with E-state index in [0.717, 1.165) is 6.42 Å². The lowest BCUT2D eigenvalue weighted by Gasteiger charge is -2.13. The molecule has 0 fully saturated rings. The SMILES string of the molecule is CNC(=O)NC(CCCCN)C(=O)O. The van der Waals surface area contributed by atoms with E-state index in [0.29, 0.717) is 19.4 Å². The van der Waals surface area contributed by atoms with Crippen LogP contribution in [-0.4, -0.2) is 36.7 Å². The maximum absolute atomic E-state index is 10.8. The first-order chi connectivity index (χ1) is 6.61. The largest absolute Gasteiger partial charge is 0.480 e. The van der Waals surface area contributed by atoms with Gasteiger partial charge in [-0.15, -0.1) is 0 Å².